The summed E-state index contributed by atoms with van der Waals surface area (Å²) >= 11 is 3.34. The Hall–Kier alpha value is -3.13. The number of hydrogen-bond acceptors (Lipinski definition) is 4. The van der Waals surface area contributed by atoms with Gasteiger partial charge in [0.25, 0.3) is 5.91 Å². The molecule has 1 unspecified atom stereocenters. The number of halogens is 1. The summed E-state index contributed by atoms with van der Waals surface area (Å²) in [5.74, 6) is -1.88. The minimum absolute atomic E-state index is 0.00584. The second kappa shape index (κ2) is 8.08. The van der Waals surface area contributed by atoms with Gasteiger partial charge in [-0.1, -0.05) is 15.9 Å². The van der Waals surface area contributed by atoms with Gasteiger partial charge in [-0.3, -0.25) is 19.0 Å². The van der Waals surface area contributed by atoms with Crippen LogP contribution in [0.1, 0.15) is 28.5 Å². The van der Waals surface area contributed by atoms with Gasteiger partial charge >= 0.3 is 5.97 Å². The third kappa shape index (κ3) is 4.17. The topological polar surface area (TPSA) is 109 Å². The van der Waals surface area contributed by atoms with E-state index in [4.69, 9.17) is 5.11 Å². The quantitative estimate of drug-likeness (QED) is 0.543. The van der Waals surface area contributed by atoms with Gasteiger partial charge in [-0.2, -0.15) is 0 Å². The second-order valence-electron chi connectivity index (χ2n) is 6.72. The molecule has 3 N–H and O–H groups in total. The van der Waals surface area contributed by atoms with Crippen LogP contribution in [-0.2, 0) is 16.0 Å². The van der Waals surface area contributed by atoms with Crippen molar-refractivity contribution < 1.29 is 24.6 Å². The number of nitrogens with zero attached hydrogens (tertiary/aromatic N) is 1. The molecule has 3 rings (SSSR count). The lowest BCUT2D eigenvalue weighted by Crippen LogP contribution is -2.39. The first-order chi connectivity index (χ1) is 13.7. The van der Waals surface area contributed by atoms with Gasteiger partial charge in [0.15, 0.2) is 0 Å². The van der Waals surface area contributed by atoms with Gasteiger partial charge in [0.2, 0.25) is 5.91 Å². The Labute approximate surface area is 175 Å². The van der Waals surface area contributed by atoms with Crippen LogP contribution in [-0.4, -0.2) is 38.6 Å². The number of benzene rings is 2. The van der Waals surface area contributed by atoms with Crippen molar-refractivity contribution in [2.75, 3.05) is 0 Å². The van der Waals surface area contributed by atoms with E-state index in [1.165, 1.54) is 23.6 Å². The maximum atomic E-state index is 13.2. The van der Waals surface area contributed by atoms with Crippen molar-refractivity contribution in [1.82, 2.24) is 9.88 Å². The SMILES string of the molecule is Cc1c(CC(=O)NC(C)C(=O)O)c2cc(O)ccc2n1C(=O)c1ccc(Br)cc1. The molecule has 0 radical (unpaired) electrons. The van der Waals surface area contributed by atoms with Gasteiger partial charge in [0, 0.05) is 21.1 Å². The van der Waals surface area contributed by atoms with E-state index in [1.54, 1.807) is 37.3 Å². The molecular formula is C21H19BrN2O5. The number of phenols is 1. The van der Waals surface area contributed by atoms with Crippen LogP contribution in [0.5, 0.6) is 5.75 Å². The molecule has 1 atom stereocenters. The number of aromatic hydroxyl groups is 1. The largest absolute Gasteiger partial charge is 0.508 e. The molecule has 0 bridgehead atoms. The number of carboxylic acids is 1. The Bertz CT molecular complexity index is 1120. The number of nitrogens with one attached hydrogen (secondary N) is 1. The molecule has 0 fully saturated rings. The molecule has 0 saturated heterocycles. The highest BCUT2D eigenvalue weighted by Gasteiger charge is 2.23. The molecule has 29 heavy (non-hydrogen) atoms. The Morgan fingerprint density at radius 1 is 1.14 bits per heavy atom. The zero-order valence-electron chi connectivity index (χ0n) is 15.8. The average Bonchev–Trinajstić information content (AvgIpc) is 2.93. The lowest BCUT2D eigenvalue weighted by atomic mass is 10.1. The van der Waals surface area contributed by atoms with Crippen LogP contribution in [0.25, 0.3) is 10.9 Å². The zero-order chi connectivity index (χ0) is 21.3. The molecule has 0 aliphatic rings. The number of rotatable bonds is 5. The maximum absolute atomic E-state index is 13.2. The number of aliphatic carboxylic acids is 1. The molecule has 1 heterocycles. The summed E-state index contributed by atoms with van der Waals surface area (Å²) in [5.41, 5.74) is 2.13. The molecule has 0 spiro atoms. The van der Waals surface area contributed by atoms with Crippen LogP contribution in [0.15, 0.2) is 46.9 Å². The molecular weight excluding hydrogens is 440 g/mol. The van der Waals surface area contributed by atoms with E-state index in [9.17, 15) is 19.5 Å². The minimum atomic E-state index is -1.14. The Kier molecular flexibility index (Phi) is 5.74. The van der Waals surface area contributed by atoms with Gasteiger partial charge in [-0.25, -0.2) is 0 Å². The monoisotopic (exact) mass is 458 g/mol. The van der Waals surface area contributed by atoms with Crippen LogP contribution < -0.4 is 5.32 Å². The van der Waals surface area contributed by atoms with Gasteiger partial charge < -0.3 is 15.5 Å². The Balaban J connectivity index is 2.07. The van der Waals surface area contributed by atoms with E-state index >= 15 is 0 Å². The van der Waals surface area contributed by atoms with Crippen molar-refractivity contribution in [2.45, 2.75) is 26.3 Å². The summed E-state index contributed by atoms with van der Waals surface area (Å²) in [5, 5.41) is 21.9. The number of carbonyl (C=O) groups is 3. The minimum Gasteiger partial charge on any atom is -0.508 e. The van der Waals surface area contributed by atoms with E-state index in [1.807, 2.05) is 0 Å². The number of amides is 1. The highest BCUT2D eigenvalue weighted by atomic mass is 79.9. The predicted octanol–water partition coefficient (Wildman–Crippen LogP) is 3.24. The molecule has 0 aliphatic carbocycles. The zero-order valence-corrected chi connectivity index (χ0v) is 17.4. The number of hydrogen-bond donors (Lipinski definition) is 3. The van der Waals surface area contributed by atoms with Crippen LogP contribution in [0.2, 0.25) is 0 Å². The standard InChI is InChI=1S/C21H19BrN2O5/c1-11(21(28)29)23-19(26)10-16-12(2)24(18-8-7-15(25)9-17(16)18)20(27)13-3-5-14(22)6-4-13/h3-9,11,25H,10H2,1-2H3,(H,23,26)(H,28,29). The highest BCUT2D eigenvalue weighted by Crippen LogP contribution is 2.30. The normalized spacial score (nSPS) is 12.0. The first-order valence-corrected chi connectivity index (χ1v) is 9.63. The molecule has 2 aromatic carbocycles. The molecule has 1 aromatic heterocycles. The van der Waals surface area contributed by atoms with Crippen LogP contribution in [0.3, 0.4) is 0 Å². The van der Waals surface area contributed by atoms with Crippen LogP contribution in [0, 0.1) is 6.92 Å². The number of carbonyl (C=O) groups excluding carboxylic acids is 2. The van der Waals surface area contributed by atoms with Crippen molar-refractivity contribution in [3.8, 4) is 5.75 Å². The van der Waals surface area contributed by atoms with Crippen LogP contribution >= 0.6 is 15.9 Å². The predicted molar refractivity (Wildman–Crippen MR) is 111 cm³/mol. The highest BCUT2D eigenvalue weighted by molar-refractivity contribution is 9.10. The van der Waals surface area contributed by atoms with Gasteiger partial charge in [-0.15, -0.1) is 0 Å². The third-order valence-corrected chi connectivity index (χ3v) is 5.23. The molecule has 1 amide bonds. The van der Waals surface area contributed by atoms with Crippen molar-refractivity contribution in [3.05, 3.63) is 63.8 Å². The molecule has 0 saturated carbocycles. The number of carboxylic acid groups (broad SMARTS) is 1. The Morgan fingerprint density at radius 2 is 1.79 bits per heavy atom. The molecule has 8 heteroatoms. The second-order valence-corrected chi connectivity index (χ2v) is 7.63. The number of phenolic OH excluding ortho intramolecular Hbond substituents is 1. The molecule has 0 aliphatic heterocycles. The van der Waals surface area contributed by atoms with Crippen molar-refractivity contribution >= 4 is 44.6 Å². The molecule has 150 valence electrons. The fourth-order valence-electron chi connectivity index (χ4n) is 3.19. The fraction of sp³-hybridized carbons (Fsp3) is 0.190. The third-order valence-electron chi connectivity index (χ3n) is 4.70. The lowest BCUT2D eigenvalue weighted by Gasteiger charge is -2.10. The van der Waals surface area contributed by atoms with Crippen LogP contribution in [0.4, 0.5) is 0 Å². The summed E-state index contributed by atoms with van der Waals surface area (Å²) in [7, 11) is 0. The maximum Gasteiger partial charge on any atom is 0.325 e. The van der Waals surface area contributed by atoms with Crippen molar-refractivity contribution in [1.29, 1.82) is 0 Å². The van der Waals surface area contributed by atoms with E-state index in [-0.39, 0.29) is 18.1 Å². The van der Waals surface area contributed by atoms with Crippen molar-refractivity contribution in [3.63, 3.8) is 0 Å². The summed E-state index contributed by atoms with van der Waals surface area (Å²) in [4.78, 5) is 36.5. The summed E-state index contributed by atoms with van der Waals surface area (Å²) in [6.07, 6.45) is -0.121. The Morgan fingerprint density at radius 3 is 2.41 bits per heavy atom. The van der Waals surface area contributed by atoms with E-state index in [0.29, 0.717) is 27.7 Å². The van der Waals surface area contributed by atoms with Gasteiger partial charge in [-0.05, 0) is 61.9 Å². The van der Waals surface area contributed by atoms with E-state index in [0.717, 1.165) is 4.47 Å². The van der Waals surface area contributed by atoms with E-state index < -0.39 is 17.9 Å². The van der Waals surface area contributed by atoms with E-state index in [2.05, 4.69) is 21.2 Å². The lowest BCUT2D eigenvalue weighted by molar-refractivity contribution is -0.141. The summed E-state index contributed by atoms with van der Waals surface area (Å²) in [6.45, 7) is 3.09. The smallest absolute Gasteiger partial charge is 0.325 e. The fourth-order valence-corrected chi connectivity index (χ4v) is 3.46. The summed E-state index contributed by atoms with van der Waals surface area (Å²) in [6, 6.07) is 10.5. The summed E-state index contributed by atoms with van der Waals surface area (Å²) < 4.78 is 2.35. The molecule has 3 aromatic rings. The molecule has 7 nitrogen and oxygen atoms in total. The van der Waals surface area contributed by atoms with Gasteiger partial charge in [0.05, 0.1) is 11.9 Å². The average molecular weight is 459 g/mol. The van der Waals surface area contributed by atoms with Gasteiger partial charge in [0.1, 0.15) is 11.8 Å². The number of aromatic nitrogens is 1. The first-order valence-electron chi connectivity index (χ1n) is 8.84. The number of fused-ring (bicyclic) bond motifs is 1. The first kappa shape index (κ1) is 20.6. The van der Waals surface area contributed by atoms with Crippen molar-refractivity contribution in [2.24, 2.45) is 0 Å².